The molecule has 2 aliphatic rings. The molecule has 1 saturated heterocycles. The first-order valence-corrected chi connectivity index (χ1v) is 11.9. The molecule has 2 aliphatic heterocycles. The quantitative estimate of drug-likeness (QED) is 0.494. The van der Waals surface area contributed by atoms with Crippen molar-refractivity contribution in [2.75, 3.05) is 16.3 Å². The number of imide groups is 2. The Balaban J connectivity index is 1.78. The van der Waals surface area contributed by atoms with E-state index in [0.717, 1.165) is 40.1 Å². The summed E-state index contributed by atoms with van der Waals surface area (Å²) >= 11 is 0. The smallest absolute Gasteiger partial charge is 0.335 e. The number of anilines is 2. The highest BCUT2D eigenvalue weighted by Crippen LogP contribution is 2.44. The van der Waals surface area contributed by atoms with E-state index < -0.39 is 17.8 Å². The first kappa shape index (κ1) is 23.7. The van der Waals surface area contributed by atoms with Crippen LogP contribution < -0.4 is 15.1 Å². The number of nitrogens with one attached hydrogen (secondary N) is 1. The zero-order valence-corrected chi connectivity index (χ0v) is 21.1. The Hall–Kier alpha value is -3.41. The van der Waals surface area contributed by atoms with Gasteiger partial charge in [-0.1, -0.05) is 13.0 Å². The number of urea groups is 1. The van der Waals surface area contributed by atoms with E-state index in [1.54, 1.807) is 18.2 Å². The van der Waals surface area contributed by atoms with Gasteiger partial charge in [0, 0.05) is 17.8 Å². The van der Waals surface area contributed by atoms with E-state index in [2.05, 4.69) is 50.0 Å². The summed E-state index contributed by atoms with van der Waals surface area (Å²) in [5, 5.41) is 2.33. The maximum Gasteiger partial charge on any atom is 0.335 e. The number of benzene rings is 2. The minimum Gasteiger partial charge on any atom is -0.366 e. The standard InChI is InChI=1S/C28H33N3O3/c1-8-30-24-12-18(4)20(13-22(24)19(5)15-28(30,6)7)14-23-25(32)29-27(34)31(26(23)33)21-10-9-16(2)17(3)11-21/h9-14,19H,8,15H2,1-7H3,(H,29,32,34)/b23-14+/t19-/m1/s1. The number of nitrogens with zero attached hydrogens (tertiary/aromatic N) is 2. The summed E-state index contributed by atoms with van der Waals surface area (Å²) in [6.07, 6.45) is 2.64. The van der Waals surface area contributed by atoms with Gasteiger partial charge < -0.3 is 4.90 Å². The van der Waals surface area contributed by atoms with Crippen LogP contribution in [0.2, 0.25) is 0 Å². The van der Waals surface area contributed by atoms with Crippen LogP contribution in [0.15, 0.2) is 35.9 Å². The minimum absolute atomic E-state index is 0.0444. The topological polar surface area (TPSA) is 69.7 Å². The molecule has 6 nitrogen and oxygen atoms in total. The lowest BCUT2D eigenvalue weighted by Crippen LogP contribution is -2.54. The molecule has 1 atom stereocenters. The molecule has 0 unspecified atom stereocenters. The highest BCUT2D eigenvalue weighted by Gasteiger charge is 2.38. The maximum atomic E-state index is 13.4. The number of rotatable bonds is 3. The van der Waals surface area contributed by atoms with Gasteiger partial charge in [0.1, 0.15) is 5.57 Å². The van der Waals surface area contributed by atoms with Crippen molar-refractivity contribution in [2.24, 2.45) is 0 Å². The summed E-state index contributed by atoms with van der Waals surface area (Å²) in [6.45, 7) is 15.7. The third kappa shape index (κ3) is 3.91. The monoisotopic (exact) mass is 459 g/mol. The lowest BCUT2D eigenvalue weighted by molar-refractivity contribution is -0.122. The average molecular weight is 460 g/mol. The molecule has 1 N–H and O–H groups in total. The molecule has 0 bridgehead atoms. The lowest BCUT2D eigenvalue weighted by Gasteiger charge is -2.47. The molecular formula is C28H33N3O3. The average Bonchev–Trinajstić information content (AvgIpc) is 2.73. The van der Waals surface area contributed by atoms with Gasteiger partial charge in [0.05, 0.1) is 5.69 Å². The Morgan fingerprint density at radius 2 is 1.74 bits per heavy atom. The zero-order chi connectivity index (χ0) is 24.9. The summed E-state index contributed by atoms with van der Waals surface area (Å²) in [4.78, 5) is 42.1. The van der Waals surface area contributed by atoms with Crippen LogP contribution in [0.25, 0.3) is 6.08 Å². The van der Waals surface area contributed by atoms with Crippen molar-refractivity contribution < 1.29 is 14.4 Å². The molecule has 2 aromatic carbocycles. The normalized spacial score (nSPS) is 21.1. The summed E-state index contributed by atoms with van der Waals surface area (Å²) in [5.41, 5.74) is 6.69. The zero-order valence-electron chi connectivity index (χ0n) is 21.1. The molecule has 0 saturated carbocycles. The summed E-state index contributed by atoms with van der Waals surface area (Å²) in [5.74, 6) is -0.940. The van der Waals surface area contributed by atoms with Gasteiger partial charge in [-0.2, -0.15) is 0 Å². The Morgan fingerprint density at radius 3 is 2.38 bits per heavy atom. The van der Waals surface area contributed by atoms with Crippen molar-refractivity contribution in [1.29, 1.82) is 0 Å². The van der Waals surface area contributed by atoms with E-state index in [1.165, 1.54) is 11.3 Å². The molecule has 34 heavy (non-hydrogen) atoms. The first-order valence-electron chi connectivity index (χ1n) is 11.9. The van der Waals surface area contributed by atoms with Crippen LogP contribution in [-0.4, -0.2) is 29.9 Å². The van der Waals surface area contributed by atoms with E-state index >= 15 is 0 Å². The molecule has 0 radical (unpaired) electrons. The predicted octanol–water partition coefficient (Wildman–Crippen LogP) is 5.39. The summed E-state index contributed by atoms with van der Waals surface area (Å²) < 4.78 is 0. The van der Waals surface area contributed by atoms with Crippen molar-refractivity contribution in [2.45, 2.75) is 66.3 Å². The molecule has 2 heterocycles. The largest absolute Gasteiger partial charge is 0.366 e. The number of fused-ring (bicyclic) bond motifs is 1. The summed E-state index contributed by atoms with van der Waals surface area (Å²) in [6, 6.07) is 8.89. The Bertz CT molecular complexity index is 1240. The molecule has 0 aromatic heterocycles. The SMILES string of the molecule is CCN1c2cc(C)c(/C=C3\C(=O)NC(=O)N(c4ccc(C)c(C)c4)C3=O)cc2[C@H](C)CC1(C)C. The van der Waals surface area contributed by atoms with E-state index in [9.17, 15) is 14.4 Å². The Kier molecular flexibility index (Phi) is 5.88. The number of hydrogen-bond acceptors (Lipinski definition) is 4. The third-order valence-electron chi connectivity index (χ3n) is 7.24. The van der Waals surface area contributed by atoms with Gasteiger partial charge in [-0.05, 0) is 112 Å². The van der Waals surface area contributed by atoms with Crippen LogP contribution in [-0.2, 0) is 9.59 Å². The van der Waals surface area contributed by atoms with E-state index in [0.29, 0.717) is 11.6 Å². The van der Waals surface area contributed by atoms with Gasteiger partial charge in [-0.25, -0.2) is 9.69 Å². The van der Waals surface area contributed by atoms with Crippen LogP contribution in [0.4, 0.5) is 16.2 Å². The van der Waals surface area contributed by atoms with Gasteiger partial charge in [0.2, 0.25) is 0 Å². The van der Waals surface area contributed by atoms with Gasteiger partial charge in [-0.15, -0.1) is 0 Å². The van der Waals surface area contributed by atoms with Gasteiger partial charge in [-0.3, -0.25) is 14.9 Å². The fourth-order valence-corrected chi connectivity index (χ4v) is 5.32. The molecular weight excluding hydrogens is 426 g/mol. The molecule has 6 heteroatoms. The summed E-state index contributed by atoms with van der Waals surface area (Å²) in [7, 11) is 0. The molecule has 4 amide bonds. The molecule has 178 valence electrons. The molecule has 0 spiro atoms. The second-order valence-electron chi connectivity index (χ2n) is 10.2. The number of amides is 4. The first-order chi connectivity index (χ1) is 15.9. The highest BCUT2D eigenvalue weighted by molar-refractivity contribution is 6.39. The highest BCUT2D eigenvalue weighted by atomic mass is 16.2. The Morgan fingerprint density at radius 1 is 1.03 bits per heavy atom. The fraction of sp³-hybridized carbons (Fsp3) is 0.393. The third-order valence-corrected chi connectivity index (χ3v) is 7.24. The van der Waals surface area contributed by atoms with Crippen molar-refractivity contribution in [3.63, 3.8) is 0 Å². The number of hydrogen-bond donors (Lipinski definition) is 1. The maximum absolute atomic E-state index is 13.4. The van der Waals surface area contributed by atoms with Crippen LogP contribution in [0.1, 0.15) is 67.9 Å². The van der Waals surface area contributed by atoms with Crippen LogP contribution >= 0.6 is 0 Å². The molecule has 1 fully saturated rings. The number of barbiturate groups is 1. The molecule has 0 aliphatic carbocycles. The number of carbonyl (C=O) groups excluding carboxylic acids is 3. The van der Waals surface area contributed by atoms with Crippen molar-refractivity contribution in [3.8, 4) is 0 Å². The van der Waals surface area contributed by atoms with Gasteiger partial charge in [0.25, 0.3) is 11.8 Å². The molecule has 2 aromatic rings. The number of aryl methyl sites for hydroxylation is 3. The molecule has 4 rings (SSSR count). The lowest BCUT2D eigenvalue weighted by atomic mass is 9.79. The second kappa shape index (κ2) is 8.42. The van der Waals surface area contributed by atoms with Crippen molar-refractivity contribution >= 4 is 35.3 Å². The van der Waals surface area contributed by atoms with E-state index in [-0.39, 0.29) is 11.1 Å². The van der Waals surface area contributed by atoms with Gasteiger partial charge in [0.15, 0.2) is 0 Å². The van der Waals surface area contributed by atoms with E-state index in [1.807, 2.05) is 26.8 Å². The van der Waals surface area contributed by atoms with Crippen molar-refractivity contribution in [3.05, 3.63) is 63.7 Å². The fourth-order valence-electron chi connectivity index (χ4n) is 5.32. The van der Waals surface area contributed by atoms with Crippen LogP contribution in [0, 0.1) is 20.8 Å². The second-order valence-corrected chi connectivity index (χ2v) is 10.2. The number of carbonyl (C=O) groups is 3. The van der Waals surface area contributed by atoms with Crippen molar-refractivity contribution in [1.82, 2.24) is 5.32 Å². The van der Waals surface area contributed by atoms with Gasteiger partial charge >= 0.3 is 6.03 Å². The minimum atomic E-state index is -0.730. The Labute approximate surface area is 201 Å². The van der Waals surface area contributed by atoms with Crippen LogP contribution in [0.5, 0.6) is 0 Å². The van der Waals surface area contributed by atoms with Crippen LogP contribution in [0.3, 0.4) is 0 Å². The predicted molar refractivity (Wildman–Crippen MR) is 136 cm³/mol. The van der Waals surface area contributed by atoms with E-state index in [4.69, 9.17) is 0 Å².